The normalized spacial score (nSPS) is 15.2. The van der Waals surface area contributed by atoms with Crippen LogP contribution in [0.1, 0.15) is 41.6 Å². The standard InChI is InChI=1S/C14H19NO4S/c16-14(17)13-7-5-12(6-8-13)10-20(18,19)15-9-1-2-11-3-4-11/h5-8,11,15H,1-4,9-10H2,(H,16,17). The van der Waals surface area contributed by atoms with Crippen LogP contribution in [0.25, 0.3) is 0 Å². The van der Waals surface area contributed by atoms with E-state index in [1.807, 2.05) is 0 Å². The van der Waals surface area contributed by atoms with Crippen molar-refractivity contribution >= 4 is 16.0 Å². The second-order valence-electron chi connectivity index (χ2n) is 5.24. The monoisotopic (exact) mass is 297 g/mol. The first-order valence-corrected chi connectivity index (χ1v) is 8.41. The van der Waals surface area contributed by atoms with Gasteiger partial charge < -0.3 is 5.11 Å². The number of nitrogens with one attached hydrogen (secondary N) is 1. The van der Waals surface area contributed by atoms with Gasteiger partial charge in [-0.05, 0) is 36.5 Å². The zero-order valence-corrected chi connectivity index (χ0v) is 12.0. The quantitative estimate of drug-likeness (QED) is 0.719. The SMILES string of the molecule is O=C(O)c1ccc(CS(=O)(=O)NCCCC2CC2)cc1. The van der Waals surface area contributed by atoms with E-state index in [2.05, 4.69) is 4.72 Å². The summed E-state index contributed by atoms with van der Waals surface area (Å²) in [7, 11) is -3.34. The third-order valence-electron chi connectivity index (χ3n) is 3.37. The molecule has 1 fully saturated rings. The second-order valence-corrected chi connectivity index (χ2v) is 7.05. The molecule has 0 spiro atoms. The number of benzene rings is 1. The smallest absolute Gasteiger partial charge is 0.335 e. The van der Waals surface area contributed by atoms with Gasteiger partial charge in [-0.15, -0.1) is 0 Å². The number of hydrogen-bond acceptors (Lipinski definition) is 3. The summed E-state index contributed by atoms with van der Waals surface area (Å²) in [5.74, 6) is -0.322. The van der Waals surface area contributed by atoms with Crippen LogP contribution in [0.3, 0.4) is 0 Å². The van der Waals surface area contributed by atoms with Crippen molar-refractivity contribution in [3.63, 3.8) is 0 Å². The Hall–Kier alpha value is -1.40. The molecule has 5 nitrogen and oxygen atoms in total. The third kappa shape index (κ3) is 4.94. The maximum absolute atomic E-state index is 11.9. The number of aromatic carboxylic acids is 1. The summed E-state index contributed by atoms with van der Waals surface area (Å²) in [6, 6.07) is 5.90. The van der Waals surface area contributed by atoms with E-state index in [1.54, 1.807) is 0 Å². The first-order valence-electron chi connectivity index (χ1n) is 6.76. The van der Waals surface area contributed by atoms with Crippen LogP contribution in [0.15, 0.2) is 24.3 Å². The van der Waals surface area contributed by atoms with Crippen molar-refractivity contribution in [2.24, 2.45) is 5.92 Å². The van der Waals surface area contributed by atoms with Crippen LogP contribution < -0.4 is 4.72 Å². The minimum atomic E-state index is -3.34. The predicted molar refractivity (Wildman–Crippen MR) is 76.0 cm³/mol. The van der Waals surface area contributed by atoms with Gasteiger partial charge in [-0.2, -0.15) is 0 Å². The molecule has 0 heterocycles. The molecule has 1 aromatic rings. The zero-order valence-electron chi connectivity index (χ0n) is 11.2. The molecular formula is C14H19NO4S. The Morgan fingerprint density at radius 1 is 1.25 bits per heavy atom. The molecule has 0 unspecified atom stereocenters. The van der Waals surface area contributed by atoms with Gasteiger partial charge in [0.05, 0.1) is 11.3 Å². The molecule has 0 aromatic heterocycles. The molecule has 0 atom stereocenters. The highest BCUT2D eigenvalue weighted by Crippen LogP contribution is 2.33. The third-order valence-corrected chi connectivity index (χ3v) is 4.72. The first kappa shape index (κ1) is 15.0. The van der Waals surface area contributed by atoms with E-state index in [9.17, 15) is 13.2 Å². The van der Waals surface area contributed by atoms with Crippen molar-refractivity contribution in [2.75, 3.05) is 6.54 Å². The Balaban J connectivity index is 1.81. The molecule has 0 radical (unpaired) electrons. The topological polar surface area (TPSA) is 83.5 Å². The van der Waals surface area contributed by atoms with E-state index >= 15 is 0 Å². The number of hydrogen-bond donors (Lipinski definition) is 2. The minimum Gasteiger partial charge on any atom is -0.478 e. The van der Waals surface area contributed by atoms with Crippen molar-refractivity contribution in [1.29, 1.82) is 0 Å². The number of carboxylic acid groups (broad SMARTS) is 1. The highest BCUT2D eigenvalue weighted by molar-refractivity contribution is 7.88. The summed E-state index contributed by atoms with van der Waals surface area (Å²) in [5.41, 5.74) is 0.744. The van der Waals surface area contributed by atoms with Crippen LogP contribution in [0, 0.1) is 5.92 Å². The van der Waals surface area contributed by atoms with Gasteiger partial charge in [-0.1, -0.05) is 25.0 Å². The van der Waals surface area contributed by atoms with Crippen LogP contribution >= 0.6 is 0 Å². The van der Waals surface area contributed by atoms with Gasteiger partial charge >= 0.3 is 5.97 Å². The molecule has 2 N–H and O–H groups in total. The summed E-state index contributed by atoms with van der Waals surface area (Å²) in [5, 5.41) is 8.77. The van der Waals surface area contributed by atoms with Gasteiger partial charge in [0.15, 0.2) is 0 Å². The maximum Gasteiger partial charge on any atom is 0.335 e. The fraction of sp³-hybridized carbons (Fsp3) is 0.500. The molecule has 1 aliphatic rings. The van der Waals surface area contributed by atoms with Gasteiger partial charge in [-0.25, -0.2) is 17.9 Å². The molecule has 0 amide bonds. The predicted octanol–water partition coefficient (Wildman–Crippen LogP) is 1.99. The molecule has 0 saturated heterocycles. The van der Waals surface area contributed by atoms with Gasteiger partial charge in [0.1, 0.15) is 0 Å². The lowest BCUT2D eigenvalue weighted by Crippen LogP contribution is -2.26. The molecular weight excluding hydrogens is 278 g/mol. The molecule has 0 bridgehead atoms. The van der Waals surface area contributed by atoms with Crippen molar-refractivity contribution in [3.8, 4) is 0 Å². The van der Waals surface area contributed by atoms with Crippen molar-refractivity contribution in [1.82, 2.24) is 4.72 Å². The molecule has 110 valence electrons. The fourth-order valence-corrected chi connectivity index (χ4v) is 3.23. The summed E-state index contributed by atoms with van der Waals surface area (Å²) < 4.78 is 26.3. The second kappa shape index (κ2) is 6.37. The Kier molecular flexibility index (Phi) is 4.77. The molecule has 1 aromatic carbocycles. The van der Waals surface area contributed by atoms with Gasteiger partial charge in [0.2, 0.25) is 10.0 Å². The number of carbonyl (C=O) groups is 1. The van der Waals surface area contributed by atoms with Crippen molar-refractivity contribution in [2.45, 2.75) is 31.4 Å². The summed E-state index contributed by atoms with van der Waals surface area (Å²) in [6.07, 6.45) is 4.53. The number of rotatable bonds is 8. The zero-order chi connectivity index (χ0) is 14.6. The lowest BCUT2D eigenvalue weighted by molar-refractivity contribution is 0.0697. The van der Waals surface area contributed by atoms with Gasteiger partial charge in [-0.3, -0.25) is 0 Å². The first-order chi connectivity index (χ1) is 9.46. The van der Waals surface area contributed by atoms with Crippen LogP contribution in [-0.2, 0) is 15.8 Å². The number of sulfonamides is 1. The summed E-state index contributed by atoms with van der Waals surface area (Å²) in [6.45, 7) is 0.478. The Morgan fingerprint density at radius 3 is 2.45 bits per heavy atom. The van der Waals surface area contributed by atoms with E-state index in [4.69, 9.17) is 5.11 Å². The van der Waals surface area contributed by atoms with Gasteiger partial charge in [0.25, 0.3) is 0 Å². The molecule has 0 aliphatic heterocycles. The van der Waals surface area contributed by atoms with Crippen molar-refractivity contribution < 1.29 is 18.3 Å². The minimum absolute atomic E-state index is 0.115. The summed E-state index contributed by atoms with van der Waals surface area (Å²) in [4.78, 5) is 10.7. The molecule has 1 aliphatic carbocycles. The Morgan fingerprint density at radius 2 is 1.90 bits per heavy atom. The fourth-order valence-electron chi connectivity index (χ4n) is 2.04. The average Bonchev–Trinajstić information content (AvgIpc) is 3.19. The Bertz CT molecular complexity index is 561. The molecule has 1 saturated carbocycles. The van der Waals surface area contributed by atoms with Crippen LogP contribution in [0.4, 0.5) is 0 Å². The van der Waals surface area contributed by atoms with Crippen LogP contribution in [0.5, 0.6) is 0 Å². The maximum atomic E-state index is 11.9. The van der Waals surface area contributed by atoms with E-state index in [0.29, 0.717) is 12.1 Å². The highest BCUT2D eigenvalue weighted by atomic mass is 32.2. The highest BCUT2D eigenvalue weighted by Gasteiger charge is 2.20. The van der Waals surface area contributed by atoms with Crippen LogP contribution in [-0.4, -0.2) is 26.0 Å². The average molecular weight is 297 g/mol. The molecule has 20 heavy (non-hydrogen) atoms. The lowest BCUT2D eigenvalue weighted by Gasteiger charge is -2.07. The van der Waals surface area contributed by atoms with E-state index < -0.39 is 16.0 Å². The van der Waals surface area contributed by atoms with E-state index in [-0.39, 0.29) is 11.3 Å². The van der Waals surface area contributed by atoms with Crippen molar-refractivity contribution in [3.05, 3.63) is 35.4 Å². The molecule has 6 heteroatoms. The van der Waals surface area contributed by atoms with E-state index in [1.165, 1.54) is 37.1 Å². The summed E-state index contributed by atoms with van der Waals surface area (Å²) >= 11 is 0. The van der Waals surface area contributed by atoms with Gasteiger partial charge in [0, 0.05) is 6.54 Å². The Labute approximate surface area is 119 Å². The van der Waals surface area contributed by atoms with E-state index in [0.717, 1.165) is 18.8 Å². The van der Waals surface area contributed by atoms with Crippen LogP contribution in [0.2, 0.25) is 0 Å². The largest absolute Gasteiger partial charge is 0.478 e. The lowest BCUT2D eigenvalue weighted by atomic mass is 10.1. The number of carboxylic acids is 1. The molecule has 2 rings (SSSR count).